The van der Waals surface area contributed by atoms with Gasteiger partial charge in [-0.15, -0.1) is 0 Å². The molecule has 0 bridgehead atoms. The number of aliphatic hydroxyl groups is 1. The molecule has 5 heteroatoms. The molecule has 2 unspecified atom stereocenters. The van der Waals surface area contributed by atoms with E-state index in [1.807, 2.05) is 32.0 Å². The molecule has 2 atom stereocenters. The van der Waals surface area contributed by atoms with E-state index < -0.39 is 6.10 Å². The first-order chi connectivity index (χ1) is 11.5. The second-order valence-corrected chi connectivity index (χ2v) is 7.30. The monoisotopic (exact) mass is 332 g/mol. The van der Waals surface area contributed by atoms with Crippen LogP contribution < -0.4 is 10.1 Å². The molecule has 0 aromatic heterocycles. The second kappa shape index (κ2) is 7.43. The number of nitrogens with one attached hydrogen (secondary N) is 1. The number of hydrogen-bond acceptors (Lipinski definition) is 3. The minimum atomic E-state index is -0.429. The Kier molecular flexibility index (Phi) is 5.29. The average molecular weight is 332 g/mol. The van der Waals surface area contributed by atoms with Crippen LogP contribution in [0.4, 0.5) is 4.79 Å². The Bertz CT molecular complexity index is 586. The normalized spacial score (nSPS) is 23.9. The van der Waals surface area contributed by atoms with Crippen LogP contribution in [0.5, 0.6) is 5.75 Å². The van der Waals surface area contributed by atoms with Gasteiger partial charge in [-0.3, -0.25) is 0 Å². The number of rotatable bonds is 5. The topological polar surface area (TPSA) is 61.8 Å². The Balaban J connectivity index is 1.56. The number of carbonyl (C=O) groups excluding carboxylic acids is 1. The van der Waals surface area contributed by atoms with Crippen LogP contribution in [0.15, 0.2) is 18.2 Å². The molecule has 1 aromatic rings. The summed E-state index contributed by atoms with van der Waals surface area (Å²) < 4.78 is 5.95. The Labute approximate surface area is 144 Å². The number of amides is 2. The van der Waals surface area contributed by atoms with Gasteiger partial charge in [-0.1, -0.05) is 19.1 Å². The summed E-state index contributed by atoms with van der Waals surface area (Å²) in [4.78, 5) is 14.0. The number of likely N-dealkylation sites (tertiary alicyclic amines) is 1. The van der Waals surface area contributed by atoms with E-state index in [0.29, 0.717) is 25.6 Å². The lowest BCUT2D eigenvalue weighted by molar-refractivity contribution is 0.0435. The van der Waals surface area contributed by atoms with Crippen LogP contribution in [0.25, 0.3) is 0 Å². The van der Waals surface area contributed by atoms with Gasteiger partial charge in [0.25, 0.3) is 0 Å². The number of aliphatic hydroxyl groups excluding tert-OH is 1. The fourth-order valence-corrected chi connectivity index (χ4v) is 2.95. The molecule has 1 aliphatic carbocycles. The molecule has 0 radical (unpaired) electrons. The SMILES string of the molecule is Cc1ccc(CNC(=O)N2CCC(C)C(O)C2)c(OCC2CC2)c1. The van der Waals surface area contributed by atoms with E-state index in [1.54, 1.807) is 4.90 Å². The lowest BCUT2D eigenvalue weighted by Crippen LogP contribution is -2.49. The molecule has 1 heterocycles. The number of ether oxygens (including phenoxy) is 1. The number of nitrogens with zero attached hydrogens (tertiary/aromatic N) is 1. The number of carbonyl (C=O) groups is 1. The summed E-state index contributed by atoms with van der Waals surface area (Å²) in [5.74, 6) is 1.83. The predicted molar refractivity (Wildman–Crippen MR) is 93.0 cm³/mol. The fourth-order valence-electron chi connectivity index (χ4n) is 2.95. The van der Waals surface area contributed by atoms with Gasteiger partial charge in [0.2, 0.25) is 0 Å². The molecule has 3 rings (SSSR count). The molecule has 2 N–H and O–H groups in total. The molecule has 2 fully saturated rings. The summed E-state index contributed by atoms with van der Waals surface area (Å²) in [6.07, 6.45) is 2.93. The van der Waals surface area contributed by atoms with Crippen molar-refractivity contribution in [3.05, 3.63) is 29.3 Å². The van der Waals surface area contributed by atoms with E-state index in [0.717, 1.165) is 29.9 Å². The van der Waals surface area contributed by atoms with Crippen molar-refractivity contribution < 1.29 is 14.6 Å². The number of piperidine rings is 1. The maximum absolute atomic E-state index is 12.3. The molecule has 132 valence electrons. The van der Waals surface area contributed by atoms with Crippen molar-refractivity contribution >= 4 is 6.03 Å². The van der Waals surface area contributed by atoms with Gasteiger partial charge in [-0.2, -0.15) is 0 Å². The van der Waals surface area contributed by atoms with Gasteiger partial charge < -0.3 is 20.1 Å². The third kappa shape index (κ3) is 4.41. The van der Waals surface area contributed by atoms with Gasteiger partial charge in [0, 0.05) is 25.2 Å². The maximum Gasteiger partial charge on any atom is 0.317 e. The zero-order valence-corrected chi connectivity index (χ0v) is 14.6. The first-order valence-corrected chi connectivity index (χ1v) is 8.96. The molecular weight excluding hydrogens is 304 g/mol. The zero-order chi connectivity index (χ0) is 17.1. The average Bonchev–Trinajstić information content (AvgIpc) is 3.38. The number of hydrogen-bond donors (Lipinski definition) is 2. The first kappa shape index (κ1) is 17.1. The summed E-state index contributed by atoms with van der Waals surface area (Å²) in [7, 11) is 0. The third-order valence-electron chi connectivity index (χ3n) is 5.03. The van der Waals surface area contributed by atoms with Gasteiger partial charge in [0.15, 0.2) is 0 Å². The first-order valence-electron chi connectivity index (χ1n) is 8.96. The van der Waals surface area contributed by atoms with Gasteiger partial charge in [0.05, 0.1) is 12.7 Å². The lowest BCUT2D eigenvalue weighted by Gasteiger charge is -2.34. The highest BCUT2D eigenvalue weighted by atomic mass is 16.5. The minimum Gasteiger partial charge on any atom is -0.493 e. The second-order valence-electron chi connectivity index (χ2n) is 7.30. The van der Waals surface area contributed by atoms with Crippen molar-refractivity contribution in [3.63, 3.8) is 0 Å². The standard InChI is InChI=1S/C19H28N2O3/c1-13-3-6-16(18(9-13)24-12-15-4-5-15)10-20-19(23)21-8-7-14(2)17(22)11-21/h3,6,9,14-15,17,22H,4-5,7-8,10-12H2,1-2H3,(H,20,23). The molecule has 1 saturated carbocycles. The Morgan fingerprint density at radius 3 is 2.88 bits per heavy atom. The van der Waals surface area contributed by atoms with Gasteiger partial charge >= 0.3 is 6.03 Å². The van der Waals surface area contributed by atoms with Crippen LogP contribution in [0.2, 0.25) is 0 Å². The highest BCUT2D eigenvalue weighted by molar-refractivity contribution is 5.74. The van der Waals surface area contributed by atoms with E-state index in [4.69, 9.17) is 4.74 Å². The smallest absolute Gasteiger partial charge is 0.317 e. The molecule has 24 heavy (non-hydrogen) atoms. The van der Waals surface area contributed by atoms with E-state index in [2.05, 4.69) is 5.32 Å². The van der Waals surface area contributed by atoms with Crippen LogP contribution in [-0.4, -0.2) is 41.8 Å². The molecule has 2 aliphatic rings. The van der Waals surface area contributed by atoms with Crippen LogP contribution in [0.3, 0.4) is 0 Å². The van der Waals surface area contributed by atoms with Crippen LogP contribution >= 0.6 is 0 Å². The molecule has 1 saturated heterocycles. The van der Waals surface area contributed by atoms with Crippen molar-refractivity contribution in [3.8, 4) is 5.75 Å². The van der Waals surface area contributed by atoms with Crippen molar-refractivity contribution in [2.24, 2.45) is 11.8 Å². The van der Waals surface area contributed by atoms with Crippen molar-refractivity contribution in [1.29, 1.82) is 0 Å². The molecular formula is C19H28N2O3. The van der Waals surface area contributed by atoms with Crippen molar-refractivity contribution in [2.45, 2.75) is 45.8 Å². The van der Waals surface area contributed by atoms with E-state index in [-0.39, 0.29) is 11.9 Å². The van der Waals surface area contributed by atoms with Crippen molar-refractivity contribution in [2.75, 3.05) is 19.7 Å². The fraction of sp³-hybridized carbons (Fsp3) is 0.632. The molecule has 0 spiro atoms. The van der Waals surface area contributed by atoms with Gasteiger partial charge in [0.1, 0.15) is 5.75 Å². The Hall–Kier alpha value is -1.75. The largest absolute Gasteiger partial charge is 0.493 e. The van der Waals surface area contributed by atoms with E-state index in [9.17, 15) is 9.90 Å². The summed E-state index contributed by atoms with van der Waals surface area (Å²) in [5, 5.41) is 12.9. The lowest BCUT2D eigenvalue weighted by atomic mass is 9.96. The summed E-state index contributed by atoms with van der Waals surface area (Å²) >= 11 is 0. The highest BCUT2D eigenvalue weighted by Crippen LogP contribution is 2.30. The zero-order valence-electron chi connectivity index (χ0n) is 14.6. The number of benzene rings is 1. The maximum atomic E-state index is 12.3. The number of aryl methyl sites for hydroxylation is 1. The minimum absolute atomic E-state index is 0.116. The van der Waals surface area contributed by atoms with Crippen LogP contribution in [-0.2, 0) is 6.54 Å². The predicted octanol–water partition coefficient (Wildman–Crippen LogP) is 2.70. The third-order valence-corrected chi connectivity index (χ3v) is 5.03. The summed E-state index contributed by atoms with van der Waals surface area (Å²) in [5.41, 5.74) is 2.16. The highest BCUT2D eigenvalue weighted by Gasteiger charge is 2.27. The quantitative estimate of drug-likeness (QED) is 0.871. The molecule has 1 aliphatic heterocycles. The number of β-amino-alcohol motifs (C(OH)–C–C–N with tert-alkyl or cyclic N) is 1. The van der Waals surface area contributed by atoms with Gasteiger partial charge in [-0.25, -0.2) is 4.79 Å². The summed E-state index contributed by atoms with van der Waals surface area (Å²) in [6.45, 7) is 6.38. The Morgan fingerprint density at radius 2 is 2.17 bits per heavy atom. The van der Waals surface area contributed by atoms with Crippen molar-refractivity contribution in [1.82, 2.24) is 10.2 Å². The molecule has 5 nitrogen and oxygen atoms in total. The van der Waals surface area contributed by atoms with E-state index >= 15 is 0 Å². The number of urea groups is 1. The van der Waals surface area contributed by atoms with Gasteiger partial charge in [-0.05, 0) is 49.7 Å². The summed E-state index contributed by atoms with van der Waals surface area (Å²) in [6, 6.07) is 5.98. The Morgan fingerprint density at radius 1 is 1.38 bits per heavy atom. The molecule has 1 aromatic carbocycles. The molecule has 2 amide bonds. The van der Waals surface area contributed by atoms with Crippen LogP contribution in [0, 0.1) is 18.8 Å². The van der Waals surface area contributed by atoms with E-state index in [1.165, 1.54) is 12.8 Å². The van der Waals surface area contributed by atoms with Crippen LogP contribution in [0.1, 0.15) is 37.3 Å².